The Morgan fingerprint density at radius 2 is 1.63 bits per heavy atom. The lowest BCUT2D eigenvalue weighted by Gasteiger charge is -2.36. The van der Waals surface area contributed by atoms with Gasteiger partial charge in [0, 0.05) is 70.0 Å². The number of carbonyl (C=O) groups is 2. The van der Waals surface area contributed by atoms with Gasteiger partial charge in [-0.25, -0.2) is 0 Å². The Morgan fingerprint density at radius 3 is 2.30 bits per heavy atom. The number of anilines is 2. The quantitative estimate of drug-likeness (QED) is 0.768. The molecule has 2 aliphatic rings. The second-order valence-corrected chi connectivity index (χ2v) is 8.08. The molecule has 4 rings (SSSR count). The van der Waals surface area contributed by atoms with Crippen molar-refractivity contribution < 1.29 is 9.59 Å². The van der Waals surface area contributed by atoms with Crippen molar-refractivity contribution in [2.45, 2.75) is 25.8 Å². The van der Waals surface area contributed by atoms with Crippen LogP contribution in [0.15, 0.2) is 54.6 Å². The Morgan fingerprint density at radius 1 is 0.900 bits per heavy atom. The van der Waals surface area contributed by atoms with Crippen molar-refractivity contribution in [3.63, 3.8) is 0 Å². The molecular weight excluding hydrogens is 376 g/mol. The molecule has 0 unspecified atom stereocenters. The van der Waals surface area contributed by atoms with E-state index >= 15 is 0 Å². The summed E-state index contributed by atoms with van der Waals surface area (Å²) in [4.78, 5) is 30.5. The van der Waals surface area contributed by atoms with E-state index in [1.165, 1.54) is 11.3 Å². The molecule has 0 bridgehead atoms. The molecule has 2 amide bonds. The van der Waals surface area contributed by atoms with Crippen molar-refractivity contribution in [1.82, 2.24) is 9.80 Å². The van der Waals surface area contributed by atoms with Crippen LogP contribution < -0.4 is 10.2 Å². The Kier molecular flexibility index (Phi) is 6.64. The van der Waals surface area contributed by atoms with Crippen molar-refractivity contribution in [1.29, 1.82) is 0 Å². The number of carbonyl (C=O) groups excluding carboxylic acids is 2. The second-order valence-electron chi connectivity index (χ2n) is 8.08. The summed E-state index contributed by atoms with van der Waals surface area (Å²) >= 11 is 0. The molecule has 0 saturated carbocycles. The SMILES string of the molecule is O=C(CCN1CCCC1=O)Nc1ccc(N2CCN(Cc3ccccc3)CC2)cc1. The number of rotatable bonds is 7. The smallest absolute Gasteiger partial charge is 0.226 e. The Balaban J connectivity index is 1.22. The normalized spacial score (nSPS) is 17.4. The van der Waals surface area contributed by atoms with Crippen LogP contribution >= 0.6 is 0 Å². The first-order valence-electron chi connectivity index (χ1n) is 10.9. The molecule has 0 radical (unpaired) electrons. The van der Waals surface area contributed by atoms with Crippen molar-refractivity contribution in [2.24, 2.45) is 0 Å². The molecule has 0 aliphatic carbocycles. The number of nitrogens with zero attached hydrogens (tertiary/aromatic N) is 3. The zero-order valence-corrected chi connectivity index (χ0v) is 17.4. The van der Waals surface area contributed by atoms with Crippen molar-refractivity contribution in [3.05, 3.63) is 60.2 Å². The highest BCUT2D eigenvalue weighted by atomic mass is 16.2. The summed E-state index contributed by atoms with van der Waals surface area (Å²) in [6.45, 7) is 6.38. The van der Waals surface area contributed by atoms with Gasteiger partial charge in [-0.15, -0.1) is 0 Å². The fourth-order valence-corrected chi connectivity index (χ4v) is 4.16. The number of hydrogen-bond donors (Lipinski definition) is 1. The van der Waals surface area contributed by atoms with Crippen LogP contribution in [0.1, 0.15) is 24.8 Å². The number of amides is 2. The number of piperazine rings is 1. The topological polar surface area (TPSA) is 55.9 Å². The first-order chi connectivity index (χ1) is 14.7. The lowest BCUT2D eigenvalue weighted by molar-refractivity contribution is -0.128. The van der Waals surface area contributed by atoms with Crippen molar-refractivity contribution >= 4 is 23.2 Å². The molecule has 158 valence electrons. The largest absolute Gasteiger partial charge is 0.369 e. The molecule has 0 spiro atoms. The molecule has 0 atom stereocenters. The summed E-state index contributed by atoms with van der Waals surface area (Å²) < 4.78 is 0. The average molecular weight is 407 g/mol. The highest BCUT2D eigenvalue weighted by molar-refractivity contribution is 5.91. The van der Waals surface area contributed by atoms with Crippen LogP contribution in [0.25, 0.3) is 0 Å². The molecule has 2 aromatic carbocycles. The minimum Gasteiger partial charge on any atom is -0.369 e. The van der Waals surface area contributed by atoms with E-state index in [4.69, 9.17) is 0 Å². The summed E-state index contributed by atoms with van der Waals surface area (Å²) in [7, 11) is 0. The summed E-state index contributed by atoms with van der Waals surface area (Å²) in [5.74, 6) is 0.119. The molecule has 30 heavy (non-hydrogen) atoms. The number of likely N-dealkylation sites (tertiary alicyclic amines) is 1. The van der Waals surface area contributed by atoms with Gasteiger partial charge in [-0.1, -0.05) is 30.3 Å². The van der Waals surface area contributed by atoms with Crippen LogP contribution in [-0.2, 0) is 16.1 Å². The van der Waals surface area contributed by atoms with E-state index in [1.807, 2.05) is 12.1 Å². The van der Waals surface area contributed by atoms with Crippen LogP contribution in [-0.4, -0.2) is 60.9 Å². The van der Waals surface area contributed by atoms with E-state index in [9.17, 15) is 9.59 Å². The molecule has 0 aromatic heterocycles. The first kappa shape index (κ1) is 20.4. The van der Waals surface area contributed by atoms with Gasteiger partial charge in [0.2, 0.25) is 11.8 Å². The monoisotopic (exact) mass is 406 g/mol. The summed E-state index contributed by atoms with van der Waals surface area (Å²) in [5, 5.41) is 2.94. The maximum absolute atomic E-state index is 12.2. The molecule has 2 saturated heterocycles. The highest BCUT2D eigenvalue weighted by Gasteiger charge is 2.20. The van der Waals surface area contributed by atoms with E-state index < -0.39 is 0 Å². The molecule has 2 heterocycles. The van der Waals surface area contributed by atoms with Gasteiger partial charge in [0.05, 0.1) is 0 Å². The maximum atomic E-state index is 12.2. The van der Waals surface area contributed by atoms with Crippen LogP contribution in [0, 0.1) is 0 Å². The predicted molar refractivity (Wildman–Crippen MR) is 119 cm³/mol. The molecule has 6 nitrogen and oxygen atoms in total. The molecule has 2 fully saturated rings. The van der Waals surface area contributed by atoms with Gasteiger partial charge in [0.1, 0.15) is 0 Å². The van der Waals surface area contributed by atoms with Gasteiger partial charge < -0.3 is 15.1 Å². The van der Waals surface area contributed by atoms with Gasteiger partial charge in [-0.3, -0.25) is 14.5 Å². The zero-order valence-electron chi connectivity index (χ0n) is 17.4. The summed E-state index contributed by atoms with van der Waals surface area (Å²) in [6.07, 6.45) is 1.86. The van der Waals surface area contributed by atoms with E-state index in [0.29, 0.717) is 19.4 Å². The molecule has 2 aromatic rings. The first-order valence-corrected chi connectivity index (χ1v) is 10.9. The van der Waals surface area contributed by atoms with Gasteiger partial charge in [-0.05, 0) is 36.2 Å². The Bertz CT molecular complexity index is 845. The number of hydrogen-bond acceptors (Lipinski definition) is 4. The van der Waals surface area contributed by atoms with E-state index in [1.54, 1.807) is 4.90 Å². The number of nitrogens with one attached hydrogen (secondary N) is 1. The average Bonchev–Trinajstić information content (AvgIpc) is 3.19. The Hall–Kier alpha value is -2.86. The van der Waals surface area contributed by atoms with Crippen LogP contribution in [0.2, 0.25) is 0 Å². The second kappa shape index (κ2) is 9.76. The third-order valence-corrected chi connectivity index (χ3v) is 5.92. The fourth-order valence-electron chi connectivity index (χ4n) is 4.16. The minimum atomic E-state index is -0.0445. The lowest BCUT2D eigenvalue weighted by atomic mass is 10.2. The van der Waals surface area contributed by atoms with E-state index in [2.05, 4.69) is 57.6 Å². The van der Waals surface area contributed by atoms with Gasteiger partial charge in [-0.2, -0.15) is 0 Å². The molecule has 1 N–H and O–H groups in total. The van der Waals surface area contributed by atoms with Gasteiger partial charge in [0.15, 0.2) is 0 Å². The van der Waals surface area contributed by atoms with E-state index in [-0.39, 0.29) is 11.8 Å². The van der Waals surface area contributed by atoms with Gasteiger partial charge >= 0.3 is 0 Å². The summed E-state index contributed by atoms with van der Waals surface area (Å²) in [5.41, 5.74) is 3.36. The summed E-state index contributed by atoms with van der Waals surface area (Å²) in [6, 6.07) is 18.7. The Labute approximate surface area is 178 Å². The van der Waals surface area contributed by atoms with Crippen molar-refractivity contribution in [3.8, 4) is 0 Å². The predicted octanol–water partition coefficient (Wildman–Crippen LogP) is 2.96. The third kappa shape index (κ3) is 5.39. The number of benzene rings is 2. The van der Waals surface area contributed by atoms with Crippen LogP contribution in [0.4, 0.5) is 11.4 Å². The standard InChI is InChI=1S/C24H30N4O2/c29-23(12-14-28-13-4-7-24(28)30)25-21-8-10-22(11-9-21)27-17-15-26(16-18-27)19-20-5-2-1-3-6-20/h1-3,5-6,8-11H,4,7,12-19H2,(H,25,29). The minimum absolute atomic E-state index is 0.0445. The highest BCUT2D eigenvalue weighted by Crippen LogP contribution is 2.20. The molecule has 2 aliphatic heterocycles. The lowest BCUT2D eigenvalue weighted by Crippen LogP contribution is -2.45. The van der Waals surface area contributed by atoms with Gasteiger partial charge in [0.25, 0.3) is 0 Å². The van der Waals surface area contributed by atoms with Crippen LogP contribution in [0.5, 0.6) is 0 Å². The van der Waals surface area contributed by atoms with Crippen LogP contribution in [0.3, 0.4) is 0 Å². The third-order valence-electron chi connectivity index (χ3n) is 5.92. The molecule has 6 heteroatoms. The zero-order chi connectivity index (χ0) is 20.8. The van der Waals surface area contributed by atoms with Crippen molar-refractivity contribution in [2.75, 3.05) is 49.5 Å². The molecular formula is C24H30N4O2. The van der Waals surface area contributed by atoms with E-state index in [0.717, 1.165) is 51.4 Å². The maximum Gasteiger partial charge on any atom is 0.226 e. The fraction of sp³-hybridized carbons (Fsp3) is 0.417.